The van der Waals surface area contributed by atoms with Gasteiger partial charge in [0.15, 0.2) is 0 Å². The van der Waals surface area contributed by atoms with Crippen molar-refractivity contribution in [3.63, 3.8) is 0 Å². The molecule has 5 nitrogen and oxygen atoms in total. The predicted molar refractivity (Wildman–Crippen MR) is 110 cm³/mol. The lowest BCUT2D eigenvalue weighted by Gasteiger charge is -2.29. The van der Waals surface area contributed by atoms with Crippen LogP contribution in [0.2, 0.25) is 0 Å². The van der Waals surface area contributed by atoms with Crippen LogP contribution in [0.5, 0.6) is 0 Å². The van der Waals surface area contributed by atoms with Crippen molar-refractivity contribution in [2.75, 3.05) is 6.54 Å². The Bertz CT molecular complexity index is 904. The van der Waals surface area contributed by atoms with Crippen molar-refractivity contribution in [1.82, 2.24) is 15.2 Å². The van der Waals surface area contributed by atoms with E-state index in [1.165, 1.54) is 0 Å². The van der Waals surface area contributed by atoms with E-state index < -0.39 is 0 Å². The molecule has 0 spiro atoms. The van der Waals surface area contributed by atoms with E-state index in [0.29, 0.717) is 23.8 Å². The van der Waals surface area contributed by atoms with Gasteiger partial charge in [0.1, 0.15) is 0 Å². The Morgan fingerprint density at radius 3 is 2.68 bits per heavy atom. The van der Waals surface area contributed by atoms with Gasteiger partial charge in [0, 0.05) is 24.5 Å². The van der Waals surface area contributed by atoms with Gasteiger partial charge in [-0.05, 0) is 43.4 Å². The SMILES string of the molecule is Cc1ncc2ccccc2c1C(=O)N[C@@H]1CCN(C(=O)CC(C)C)[C@H]1C1CC1. The van der Waals surface area contributed by atoms with E-state index in [2.05, 4.69) is 24.1 Å². The van der Waals surface area contributed by atoms with Crippen LogP contribution in [-0.2, 0) is 4.79 Å². The zero-order valence-corrected chi connectivity index (χ0v) is 16.9. The van der Waals surface area contributed by atoms with Crippen molar-refractivity contribution in [2.24, 2.45) is 11.8 Å². The van der Waals surface area contributed by atoms with E-state index in [1.807, 2.05) is 42.3 Å². The van der Waals surface area contributed by atoms with Gasteiger partial charge >= 0.3 is 0 Å². The number of carbonyl (C=O) groups excluding carboxylic acids is 2. The summed E-state index contributed by atoms with van der Waals surface area (Å²) in [4.78, 5) is 32.4. The fourth-order valence-corrected chi connectivity index (χ4v) is 4.54. The van der Waals surface area contributed by atoms with Crippen LogP contribution in [0.25, 0.3) is 10.8 Å². The van der Waals surface area contributed by atoms with Gasteiger partial charge in [-0.2, -0.15) is 0 Å². The van der Waals surface area contributed by atoms with Gasteiger partial charge in [-0.1, -0.05) is 38.1 Å². The van der Waals surface area contributed by atoms with E-state index in [1.54, 1.807) is 0 Å². The van der Waals surface area contributed by atoms with Crippen LogP contribution in [0.4, 0.5) is 0 Å². The summed E-state index contributed by atoms with van der Waals surface area (Å²) in [7, 11) is 0. The molecule has 148 valence electrons. The molecule has 2 atom stereocenters. The highest BCUT2D eigenvalue weighted by molar-refractivity contribution is 6.07. The number of hydrogen-bond acceptors (Lipinski definition) is 3. The van der Waals surface area contributed by atoms with Crippen molar-refractivity contribution in [3.8, 4) is 0 Å². The van der Waals surface area contributed by atoms with Crippen molar-refractivity contribution >= 4 is 22.6 Å². The Labute approximate surface area is 166 Å². The Kier molecular flexibility index (Phi) is 5.09. The molecule has 1 aliphatic carbocycles. The van der Waals surface area contributed by atoms with E-state index in [9.17, 15) is 9.59 Å². The molecular weight excluding hydrogens is 350 g/mol. The number of benzene rings is 1. The number of hydrogen-bond donors (Lipinski definition) is 1. The first-order valence-electron chi connectivity index (χ1n) is 10.4. The highest BCUT2D eigenvalue weighted by atomic mass is 16.2. The average molecular weight is 380 g/mol. The Balaban J connectivity index is 1.56. The summed E-state index contributed by atoms with van der Waals surface area (Å²) in [5.41, 5.74) is 1.39. The Hall–Kier alpha value is -2.43. The average Bonchev–Trinajstić information content (AvgIpc) is 3.41. The minimum Gasteiger partial charge on any atom is -0.347 e. The second-order valence-electron chi connectivity index (χ2n) is 8.69. The number of fused-ring (bicyclic) bond motifs is 1. The number of rotatable bonds is 5. The second-order valence-corrected chi connectivity index (χ2v) is 8.69. The lowest BCUT2D eigenvalue weighted by Crippen LogP contribution is -2.48. The van der Waals surface area contributed by atoms with E-state index in [4.69, 9.17) is 0 Å². The molecule has 4 rings (SSSR count). The van der Waals surface area contributed by atoms with Gasteiger partial charge in [0.25, 0.3) is 5.91 Å². The molecule has 2 aromatic rings. The standard InChI is InChI=1S/C23H29N3O2/c1-14(2)12-20(27)26-11-10-19(22(26)16-8-9-16)25-23(28)21-15(3)24-13-17-6-4-5-7-18(17)21/h4-7,13-14,16,19,22H,8-12H2,1-3H3,(H,25,28)/t19-,22+/m1/s1. The summed E-state index contributed by atoms with van der Waals surface area (Å²) in [5.74, 6) is 1.03. The van der Waals surface area contributed by atoms with Crippen LogP contribution >= 0.6 is 0 Å². The molecule has 1 saturated carbocycles. The van der Waals surface area contributed by atoms with Crippen LogP contribution in [0.3, 0.4) is 0 Å². The highest BCUT2D eigenvalue weighted by Crippen LogP contribution is 2.41. The molecule has 5 heteroatoms. The summed E-state index contributed by atoms with van der Waals surface area (Å²) in [6.07, 6.45) is 5.52. The first kappa shape index (κ1) is 18.9. The zero-order chi connectivity index (χ0) is 19.8. The summed E-state index contributed by atoms with van der Waals surface area (Å²) in [5, 5.41) is 5.17. The number of carbonyl (C=O) groups is 2. The quantitative estimate of drug-likeness (QED) is 0.862. The highest BCUT2D eigenvalue weighted by Gasteiger charge is 2.46. The minimum atomic E-state index is -0.0735. The maximum absolute atomic E-state index is 13.2. The zero-order valence-electron chi connectivity index (χ0n) is 16.9. The molecule has 1 aromatic heterocycles. The fourth-order valence-electron chi connectivity index (χ4n) is 4.54. The van der Waals surface area contributed by atoms with E-state index in [0.717, 1.165) is 42.3 Å². The van der Waals surface area contributed by atoms with Crippen LogP contribution in [0.15, 0.2) is 30.5 Å². The lowest BCUT2D eigenvalue weighted by molar-refractivity contribution is -0.133. The lowest BCUT2D eigenvalue weighted by atomic mass is 10.0. The molecule has 2 aliphatic rings. The number of amides is 2. The number of pyridine rings is 1. The molecule has 28 heavy (non-hydrogen) atoms. The summed E-state index contributed by atoms with van der Waals surface area (Å²) in [6, 6.07) is 8.03. The van der Waals surface area contributed by atoms with Gasteiger partial charge in [-0.25, -0.2) is 0 Å². The molecule has 1 saturated heterocycles. The predicted octanol–water partition coefficient (Wildman–Crippen LogP) is 3.70. The third-order valence-corrected chi connectivity index (χ3v) is 5.99. The molecule has 1 aliphatic heterocycles. The number of aromatic nitrogens is 1. The van der Waals surface area contributed by atoms with Crippen molar-refractivity contribution in [1.29, 1.82) is 0 Å². The summed E-state index contributed by atoms with van der Waals surface area (Å²) < 4.78 is 0. The number of aryl methyl sites for hydroxylation is 1. The second kappa shape index (κ2) is 7.53. The topological polar surface area (TPSA) is 62.3 Å². The van der Waals surface area contributed by atoms with Gasteiger partial charge in [-0.15, -0.1) is 0 Å². The largest absolute Gasteiger partial charge is 0.347 e. The van der Waals surface area contributed by atoms with Crippen LogP contribution < -0.4 is 5.32 Å². The molecule has 1 aromatic carbocycles. The maximum atomic E-state index is 13.2. The molecule has 2 fully saturated rings. The Morgan fingerprint density at radius 1 is 1.21 bits per heavy atom. The molecule has 0 unspecified atom stereocenters. The molecule has 0 radical (unpaired) electrons. The Morgan fingerprint density at radius 2 is 1.96 bits per heavy atom. The third-order valence-electron chi connectivity index (χ3n) is 5.99. The van der Waals surface area contributed by atoms with Crippen molar-refractivity contribution in [2.45, 2.75) is 58.5 Å². The third kappa shape index (κ3) is 3.62. The van der Waals surface area contributed by atoms with Crippen molar-refractivity contribution < 1.29 is 9.59 Å². The van der Waals surface area contributed by atoms with Gasteiger partial charge in [-0.3, -0.25) is 14.6 Å². The fraction of sp³-hybridized carbons (Fsp3) is 0.522. The summed E-state index contributed by atoms with van der Waals surface area (Å²) >= 11 is 0. The molecule has 1 N–H and O–H groups in total. The maximum Gasteiger partial charge on any atom is 0.254 e. The number of nitrogens with zero attached hydrogens (tertiary/aromatic N) is 2. The van der Waals surface area contributed by atoms with Gasteiger partial charge < -0.3 is 10.2 Å². The number of likely N-dealkylation sites (tertiary alicyclic amines) is 1. The van der Waals surface area contributed by atoms with Crippen molar-refractivity contribution in [3.05, 3.63) is 41.7 Å². The number of nitrogens with one attached hydrogen (secondary N) is 1. The molecule has 2 heterocycles. The first-order chi connectivity index (χ1) is 13.5. The smallest absolute Gasteiger partial charge is 0.254 e. The normalized spacial score (nSPS) is 22.1. The monoisotopic (exact) mass is 379 g/mol. The van der Waals surface area contributed by atoms with E-state index >= 15 is 0 Å². The van der Waals surface area contributed by atoms with Crippen LogP contribution in [-0.4, -0.2) is 40.3 Å². The molecular formula is C23H29N3O2. The van der Waals surface area contributed by atoms with Gasteiger partial charge in [0.2, 0.25) is 5.91 Å². The first-order valence-corrected chi connectivity index (χ1v) is 10.4. The van der Waals surface area contributed by atoms with E-state index in [-0.39, 0.29) is 23.9 Å². The minimum absolute atomic E-state index is 0.0227. The molecule has 2 amide bonds. The molecule has 0 bridgehead atoms. The van der Waals surface area contributed by atoms with Crippen LogP contribution in [0.1, 0.15) is 55.6 Å². The van der Waals surface area contributed by atoms with Crippen LogP contribution in [0, 0.1) is 18.8 Å². The van der Waals surface area contributed by atoms with Gasteiger partial charge in [0.05, 0.1) is 23.3 Å². The summed E-state index contributed by atoms with van der Waals surface area (Å²) in [6.45, 7) is 6.78.